The Morgan fingerprint density at radius 2 is 1.57 bits per heavy atom. The van der Waals surface area contributed by atoms with Crippen molar-refractivity contribution in [1.82, 2.24) is 10.2 Å². The van der Waals surface area contributed by atoms with Crippen LogP contribution < -0.4 is 19.1 Å². The van der Waals surface area contributed by atoms with Crippen LogP contribution in [-0.2, 0) is 26.2 Å². The molecule has 0 spiro atoms. The second-order valence-corrected chi connectivity index (χ2v) is 11.2. The summed E-state index contributed by atoms with van der Waals surface area (Å²) in [6, 6.07) is 16.9. The average molecular weight is 572 g/mol. The normalized spacial score (nSPS) is 12.0. The van der Waals surface area contributed by atoms with Crippen LogP contribution in [0, 0.1) is 5.82 Å². The molecule has 0 saturated heterocycles. The van der Waals surface area contributed by atoms with Crippen molar-refractivity contribution in [3.8, 4) is 11.5 Å². The number of hydrogen-bond donors (Lipinski definition) is 1. The SMILES string of the molecule is COc1ccc(OC)c(N(CC(=O)N(Cc2ccccc2F)C(C)C(=O)NC(C)C)S(=O)(=O)c2ccccc2)c1. The number of halogens is 1. The largest absolute Gasteiger partial charge is 0.497 e. The molecule has 214 valence electrons. The van der Waals surface area contributed by atoms with Gasteiger partial charge < -0.3 is 19.7 Å². The number of anilines is 1. The Labute approximate surface area is 234 Å². The molecule has 3 rings (SSSR count). The molecule has 0 aliphatic rings. The third-order valence-electron chi connectivity index (χ3n) is 6.16. The van der Waals surface area contributed by atoms with Gasteiger partial charge in [-0.3, -0.25) is 13.9 Å². The van der Waals surface area contributed by atoms with E-state index in [-0.39, 0.29) is 34.5 Å². The van der Waals surface area contributed by atoms with Crippen molar-refractivity contribution in [2.75, 3.05) is 25.1 Å². The maximum absolute atomic E-state index is 14.6. The highest BCUT2D eigenvalue weighted by Gasteiger charge is 2.34. The Morgan fingerprint density at radius 1 is 0.925 bits per heavy atom. The molecule has 1 unspecified atom stereocenters. The van der Waals surface area contributed by atoms with Gasteiger partial charge in [-0.25, -0.2) is 12.8 Å². The molecule has 1 atom stereocenters. The van der Waals surface area contributed by atoms with Crippen molar-refractivity contribution in [3.05, 3.63) is 84.2 Å². The summed E-state index contributed by atoms with van der Waals surface area (Å²) in [6.07, 6.45) is 0. The molecule has 0 fully saturated rings. The number of nitrogens with one attached hydrogen (secondary N) is 1. The quantitative estimate of drug-likeness (QED) is 0.353. The lowest BCUT2D eigenvalue weighted by Gasteiger charge is -2.32. The summed E-state index contributed by atoms with van der Waals surface area (Å²) in [7, 11) is -1.50. The minimum Gasteiger partial charge on any atom is -0.497 e. The van der Waals surface area contributed by atoms with Gasteiger partial charge in [0.05, 0.1) is 24.8 Å². The molecule has 1 N–H and O–H groups in total. The second-order valence-electron chi connectivity index (χ2n) is 9.31. The first-order chi connectivity index (χ1) is 19.0. The topological polar surface area (TPSA) is 105 Å². The van der Waals surface area contributed by atoms with Crippen LogP contribution in [0.3, 0.4) is 0 Å². The second kappa shape index (κ2) is 13.3. The van der Waals surface area contributed by atoms with Gasteiger partial charge in [-0.2, -0.15) is 0 Å². The van der Waals surface area contributed by atoms with Gasteiger partial charge in [-0.1, -0.05) is 36.4 Å². The first kappa shape index (κ1) is 30.4. The highest BCUT2D eigenvalue weighted by molar-refractivity contribution is 7.92. The van der Waals surface area contributed by atoms with Crippen molar-refractivity contribution in [2.24, 2.45) is 0 Å². The van der Waals surface area contributed by atoms with Crippen LogP contribution in [0.5, 0.6) is 11.5 Å². The molecule has 0 aromatic heterocycles. The average Bonchev–Trinajstić information content (AvgIpc) is 2.94. The first-order valence-corrected chi connectivity index (χ1v) is 14.1. The minimum absolute atomic E-state index is 0.0565. The van der Waals surface area contributed by atoms with E-state index < -0.39 is 40.2 Å². The van der Waals surface area contributed by atoms with E-state index in [4.69, 9.17) is 9.47 Å². The minimum atomic E-state index is -4.31. The molecule has 0 bridgehead atoms. The molecule has 9 nitrogen and oxygen atoms in total. The Morgan fingerprint density at radius 3 is 2.17 bits per heavy atom. The number of benzene rings is 3. The van der Waals surface area contributed by atoms with Crippen LogP contribution in [0.25, 0.3) is 0 Å². The molecule has 11 heteroatoms. The van der Waals surface area contributed by atoms with Gasteiger partial charge in [0, 0.05) is 24.2 Å². The number of methoxy groups -OCH3 is 2. The number of sulfonamides is 1. The van der Waals surface area contributed by atoms with Gasteiger partial charge in [0.2, 0.25) is 11.8 Å². The molecule has 0 aliphatic carbocycles. The van der Waals surface area contributed by atoms with E-state index >= 15 is 0 Å². The summed E-state index contributed by atoms with van der Waals surface area (Å²) in [5.74, 6) is -1.22. The van der Waals surface area contributed by atoms with Gasteiger partial charge in [0.15, 0.2) is 0 Å². The summed E-state index contributed by atoms with van der Waals surface area (Å²) in [6.45, 7) is 4.10. The van der Waals surface area contributed by atoms with Gasteiger partial charge in [-0.05, 0) is 51.1 Å². The molecular formula is C29H34FN3O6S. The Hall–Kier alpha value is -4.12. The van der Waals surface area contributed by atoms with Gasteiger partial charge in [0.1, 0.15) is 29.9 Å². The fraction of sp³-hybridized carbons (Fsp3) is 0.310. The van der Waals surface area contributed by atoms with E-state index in [0.29, 0.717) is 5.75 Å². The van der Waals surface area contributed by atoms with Crippen molar-refractivity contribution >= 4 is 27.5 Å². The third-order valence-corrected chi connectivity index (χ3v) is 7.94. The Kier molecular flexibility index (Phi) is 10.1. The Bertz CT molecular complexity index is 1430. The summed E-state index contributed by atoms with van der Waals surface area (Å²) >= 11 is 0. The molecule has 0 saturated carbocycles. The van der Waals surface area contributed by atoms with Gasteiger partial charge in [0.25, 0.3) is 10.0 Å². The fourth-order valence-corrected chi connectivity index (χ4v) is 5.46. The maximum atomic E-state index is 14.6. The van der Waals surface area contributed by atoms with Gasteiger partial charge >= 0.3 is 0 Å². The van der Waals surface area contributed by atoms with Crippen LogP contribution in [-0.4, -0.2) is 58.0 Å². The maximum Gasteiger partial charge on any atom is 0.264 e. The van der Waals surface area contributed by atoms with Crippen LogP contribution in [0.4, 0.5) is 10.1 Å². The van der Waals surface area contributed by atoms with Gasteiger partial charge in [-0.15, -0.1) is 0 Å². The molecule has 0 radical (unpaired) electrons. The molecule has 2 amide bonds. The fourth-order valence-electron chi connectivity index (χ4n) is 4.02. The highest BCUT2D eigenvalue weighted by Crippen LogP contribution is 2.36. The summed E-state index contributed by atoms with van der Waals surface area (Å²) in [5, 5.41) is 2.76. The van der Waals surface area contributed by atoms with E-state index in [2.05, 4.69) is 5.32 Å². The van der Waals surface area contributed by atoms with Crippen LogP contribution in [0.1, 0.15) is 26.3 Å². The smallest absolute Gasteiger partial charge is 0.264 e. The number of carbonyl (C=O) groups excluding carboxylic acids is 2. The molecule has 3 aromatic carbocycles. The zero-order valence-corrected chi connectivity index (χ0v) is 23.9. The lowest BCUT2D eigenvalue weighted by molar-refractivity contribution is -0.139. The third kappa shape index (κ3) is 7.09. The van der Waals surface area contributed by atoms with Crippen LogP contribution >= 0.6 is 0 Å². The van der Waals surface area contributed by atoms with Crippen LogP contribution in [0.15, 0.2) is 77.7 Å². The summed E-state index contributed by atoms with van der Waals surface area (Å²) < 4.78 is 54.2. The lowest BCUT2D eigenvalue weighted by Crippen LogP contribution is -2.52. The standard InChI is InChI=1S/C29H34FN3O6S/c1-20(2)31-29(35)21(3)32(18-22-11-9-10-14-25(22)30)28(34)19-33(40(36,37)24-12-7-6-8-13-24)26-17-23(38-4)15-16-27(26)39-5/h6-17,20-21H,18-19H2,1-5H3,(H,31,35). The molecule has 40 heavy (non-hydrogen) atoms. The van der Waals surface area contributed by atoms with Crippen molar-refractivity contribution in [1.29, 1.82) is 0 Å². The number of amides is 2. The zero-order chi connectivity index (χ0) is 29.4. The Balaban J connectivity index is 2.12. The zero-order valence-electron chi connectivity index (χ0n) is 23.1. The first-order valence-electron chi connectivity index (χ1n) is 12.6. The number of hydrogen-bond acceptors (Lipinski definition) is 6. The predicted octanol–water partition coefficient (Wildman–Crippen LogP) is 3.98. The molecule has 3 aromatic rings. The van der Waals surface area contributed by atoms with E-state index in [9.17, 15) is 22.4 Å². The van der Waals surface area contributed by atoms with Crippen molar-refractivity contribution in [3.63, 3.8) is 0 Å². The number of rotatable bonds is 12. The molecular weight excluding hydrogens is 537 g/mol. The predicted molar refractivity (Wildman–Crippen MR) is 150 cm³/mol. The summed E-state index contributed by atoms with van der Waals surface area (Å²) in [4.78, 5) is 28.0. The number of carbonyl (C=O) groups is 2. The van der Waals surface area contributed by atoms with E-state index in [1.54, 1.807) is 44.2 Å². The van der Waals surface area contributed by atoms with Crippen molar-refractivity contribution < 1.29 is 31.9 Å². The summed E-state index contributed by atoms with van der Waals surface area (Å²) in [5.41, 5.74) is 0.237. The van der Waals surface area contributed by atoms with E-state index in [1.165, 1.54) is 63.6 Å². The molecule has 0 heterocycles. The monoisotopic (exact) mass is 571 g/mol. The van der Waals surface area contributed by atoms with Crippen molar-refractivity contribution in [2.45, 2.75) is 44.3 Å². The lowest BCUT2D eigenvalue weighted by atomic mass is 10.1. The molecule has 0 aliphatic heterocycles. The van der Waals surface area contributed by atoms with Crippen LogP contribution in [0.2, 0.25) is 0 Å². The number of ether oxygens (including phenoxy) is 2. The van der Waals surface area contributed by atoms with E-state index in [1.807, 2.05) is 0 Å². The number of nitrogens with zero attached hydrogens (tertiary/aromatic N) is 2. The van der Waals surface area contributed by atoms with E-state index in [0.717, 1.165) is 9.21 Å². The highest BCUT2D eigenvalue weighted by atomic mass is 32.2.